The van der Waals surface area contributed by atoms with Gasteiger partial charge in [0.25, 0.3) is 5.91 Å². The molecule has 0 spiro atoms. The van der Waals surface area contributed by atoms with Crippen molar-refractivity contribution in [3.63, 3.8) is 0 Å². The Labute approximate surface area is 122 Å². The number of carbonyl (C=O) groups excluding carboxylic acids is 1. The molecule has 1 aromatic carbocycles. The number of nitrogens with zero attached hydrogens (tertiary/aromatic N) is 1. The molecule has 1 N–H and O–H groups in total. The van der Waals surface area contributed by atoms with Crippen LogP contribution in [0, 0.1) is 5.92 Å². The second-order valence-corrected chi connectivity index (χ2v) is 5.45. The summed E-state index contributed by atoms with van der Waals surface area (Å²) in [5.41, 5.74) is 0.672. The standard InChI is InChI=1S/C16H26N2O2/c1-5-10-20-15-8-6-14(7-9-15)16(19)17-11-13(2)12-18(3)4/h6-9,13H,5,10-12H2,1-4H3,(H,17,19)/t13-/m0/s1. The molecule has 0 unspecified atom stereocenters. The molecule has 0 aliphatic heterocycles. The van der Waals surface area contributed by atoms with Gasteiger partial charge in [-0.25, -0.2) is 0 Å². The Morgan fingerprint density at radius 2 is 1.95 bits per heavy atom. The highest BCUT2D eigenvalue weighted by molar-refractivity contribution is 5.94. The van der Waals surface area contributed by atoms with E-state index in [4.69, 9.17) is 4.74 Å². The van der Waals surface area contributed by atoms with Crippen molar-refractivity contribution < 1.29 is 9.53 Å². The summed E-state index contributed by atoms with van der Waals surface area (Å²) < 4.78 is 5.49. The maximum atomic E-state index is 12.0. The van der Waals surface area contributed by atoms with Crippen molar-refractivity contribution in [2.75, 3.05) is 33.8 Å². The van der Waals surface area contributed by atoms with E-state index in [0.717, 1.165) is 18.7 Å². The molecule has 0 aromatic heterocycles. The molecule has 0 fully saturated rings. The zero-order valence-corrected chi connectivity index (χ0v) is 13.0. The second kappa shape index (κ2) is 8.59. The van der Waals surface area contributed by atoms with Gasteiger partial charge in [-0.3, -0.25) is 4.79 Å². The van der Waals surface area contributed by atoms with Gasteiger partial charge in [0.1, 0.15) is 5.75 Å². The maximum Gasteiger partial charge on any atom is 0.251 e. The van der Waals surface area contributed by atoms with E-state index in [2.05, 4.69) is 24.1 Å². The van der Waals surface area contributed by atoms with Gasteiger partial charge in [-0.1, -0.05) is 13.8 Å². The quantitative estimate of drug-likeness (QED) is 0.794. The predicted octanol–water partition coefficient (Wildman–Crippen LogP) is 2.40. The summed E-state index contributed by atoms with van der Waals surface area (Å²) in [4.78, 5) is 14.1. The Bertz CT molecular complexity index is 401. The lowest BCUT2D eigenvalue weighted by Crippen LogP contribution is -2.32. The molecule has 0 radical (unpaired) electrons. The number of ether oxygens (including phenoxy) is 1. The van der Waals surface area contributed by atoms with Crippen molar-refractivity contribution in [2.45, 2.75) is 20.3 Å². The molecule has 1 aromatic rings. The second-order valence-electron chi connectivity index (χ2n) is 5.45. The minimum absolute atomic E-state index is 0.0300. The fraction of sp³-hybridized carbons (Fsp3) is 0.562. The average molecular weight is 278 g/mol. The van der Waals surface area contributed by atoms with Crippen LogP contribution in [-0.2, 0) is 0 Å². The fourth-order valence-electron chi connectivity index (χ4n) is 1.98. The van der Waals surface area contributed by atoms with Crippen LogP contribution < -0.4 is 10.1 Å². The highest BCUT2D eigenvalue weighted by atomic mass is 16.5. The van der Waals surface area contributed by atoms with E-state index in [-0.39, 0.29) is 5.91 Å². The molecule has 1 atom stereocenters. The van der Waals surface area contributed by atoms with Crippen LogP contribution in [0.2, 0.25) is 0 Å². The Morgan fingerprint density at radius 3 is 2.50 bits per heavy atom. The Morgan fingerprint density at radius 1 is 1.30 bits per heavy atom. The van der Waals surface area contributed by atoms with Gasteiger partial charge in [0.15, 0.2) is 0 Å². The van der Waals surface area contributed by atoms with E-state index in [9.17, 15) is 4.79 Å². The highest BCUT2D eigenvalue weighted by Gasteiger charge is 2.08. The largest absolute Gasteiger partial charge is 0.494 e. The van der Waals surface area contributed by atoms with Crippen LogP contribution >= 0.6 is 0 Å². The first kappa shape index (κ1) is 16.5. The van der Waals surface area contributed by atoms with Gasteiger partial charge in [-0.15, -0.1) is 0 Å². The normalized spacial score (nSPS) is 12.2. The smallest absolute Gasteiger partial charge is 0.251 e. The minimum Gasteiger partial charge on any atom is -0.494 e. The van der Waals surface area contributed by atoms with E-state index in [1.54, 1.807) is 12.1 Å². The molecule has 0 aliphatic carbocycles. The van der Waals surface area contributed by atoms with Crippen molar-refractivity contribution in [1.29, 1.82) is 0 Å². The van der Waals surface area contributed by atoms with Crippen LogP contribution in [0.4, 0.5) is 0 Å². The van der Waals surface area contributed by atoms with Crippen molar-refractivity contribution in [2.24, 2.45) is 5.92 Å². The first-order chi connectivity index (χ1) is 9.52. The number of benzene rings is 1. The molecule has 0 heterocycles. The average Bonchev–Trinajstić information content (AvgIpc) is 2.42. The summed E-state index contributed by atoms with van der Waals surface area (Å²) in [6, 6.07) is 7.29. The van der Waals surface area contributed by atoms with Gasteiger partial charge in [-0.2, -0.15) is 0 Å². The summed E-state index contributed by atoms with van der Waals surface area (Å²) in [6.45, 7) is 6.54. The molecular weight excluding hydrogens is 252 g/mol. The molecule has 0 saturated heterocycles. The molecule has 20 heavy (non-hydrogen) atoms. The highest BCUT2D eigenvalue weighted by Crippen LogP contribution is 2.12. The van der Waals surface area contributed by atoms with Crippen LogP contribution in [0.1, 0.15) is 30.6 Å². The Hall–Kier alpha value is -1.55. The van der Waals surface area contributed by atoms with Gasteiger partial charge in [0, 0.05) is 18.7 Å². The van der Waals surface area contributed by atoms with Gasteiger partial charge >= 0.3 is 0 Å². The Balaban J connectivity index is 2.43. The van der Waals surface area contributed by atoms with E-state index < -0.39 is 0 Å². The van der Waals surface area contributed by atoms with Crippen molar-refractivity contribution in [3.05, 3.63) is 29.8 Å². The van der Waals surface area contributed by atoms with Crippen molar-refractivity contribution in [1.82, 2.24) is 10.2 Å². The van der Waals surface area contributed by atoms with Crippen LogP contribution in [0.25, 0.3) is 0 Å². The number of amides is 1. The van der Waals surface area contributed by atoms with Crippen molar-refractivity contribution in [3.8, 4) is 5.75 Å². The van der Waals surface area contributed by atoms with Crippen LogP contribution in [0.5, 0.6) is 5.75 Å². The summed E-state index contributed by atoms with van der Waals surface area (Å²) in [7, 11) is 4.07. The molecule has 0 bridgehead atoms. The number of hydrogen-bond donors (Lipinski definition) is 1. The van der Waals surface area contributed by atoms with Gasteiger partial charge in [-0.05, 0) is 50.7 Å². The van der Waals surface area contributed by atoms with Crippen molar-refractivity contribution >= 4 is 5.91 Å². The lowest BCUT2D eigenvalue weighted by Gasteiger charge is -2.17. The fourth-order valence-corrected chi connectivity index (χ4v) is 1.98. The zero-order chi connectivity index (χ0) is 15.0. The number of hydrogen-bond acceptors (Lipinski definition) is 3. The van der Waals surface area contributed by atoms with E-state index in [1.807, 2.05) is 26.2 Å². The summed E-state index contributed by atoms with van der Waals surface area (Å²) in [5, 5.41) is 2.96. The molecule has 1 rings (SSSR count). The van der Waals surface area contributed by atoms with Gasteiger partial charge in [0.2, 0.25) is 0 Å². The van der Waals surface area contributed by atoms with E-state index in [1.165, 1.54) is 0 Å². The SMILES string of the molecule is CCCOc1ccc(C(=O)NC[C@H](C)CN(C)C)cc1. The summed E-state index contributed by atoms with van der Waals surface area (Å²) >= 11 is 0. The molecule has 1 amide bonds. The first-order valence-electron chi connectivity index (χ1n) is 7.18. The first-order valence-corrected chi connectivity index (χ1v) is 7.18. The van der Waals surface area contributed by atoms with E-state index in [0.29, 0.717) is 24.6 Å². The summed E-state index contributed by atoms with van der Waals surface area (Å²) in [6.07, 6.45) is 0.978. The van der Waals surface area contributed by atoms with Crippen LogP contribution in [0.3, 0.4) is 0 Å². The molecule has 4 heteroatoms. The van der Waals surface area contributed by atoms with Crippen LogP contribution in [-0.4, -0.2) is 44.6 Å². The number of rotatable bonds is 8. The monoisotopic (exact) mass is 278 g/mol. The lowest BCUT2D eigenvalue weighted by atomic mass is 10.1. The van der Waals surface area contributed by atoms with Gasteiger partial charge < -0.3 is 15.0 Å². The molecule has 0 saturated carbocycles. The molecule has 4 nitrogen and oxygen atoms in total. The maximum absolute atomic E-state index is 12.0. The van der Waals surface area contributed by atoms with E-state index >= 15 is 0 Å². The van der Waals surface area contributed by atoms with Gasteiger partial charge in [0.05, 0.1) is 6.61 Å². The molecule has 0 aliphatic rings. The molecular formula is C16H26N2O2. The number of nitrogens with one attached hydrogen (secondary N) is 1. The third kappa shape index (κ3) is 6.06. The predicted molar refractivity (Wildman–Crippen MR) is 82.3 cm³/mol. The third-order valence-corrected chi connectivity index (χ3v) is 2.88. The topological polar surface area (TPSA) is 41.6 Å². The third-order valence-electron chi connectivity index (χ3n) is 2.88. The van der Waals surface area contributed by atoms with Crippen LogP contribution in [0.15, 0.2) is 24.3 Å². The number of carbonyl (C=O) groups is 1. The molecule has 112 valence electrons. The Kier molecular flexibility index (Phi) is 7.09. The zero-order valence-electron chi connectivity index (χ0n) is 13.0. The minimum atomic E-state index is -0.0300. The summed E-state index contributed by atoms with van der Waals surface area (Å²) in [5.74, 6) is 1.21. The lowest BCUT2D eigenvalue weighted by molar-refractivity contribution is 0.0946.